The van der Waals surface area contributed by atoms with Crippen LogP contribution < -0.4 is 5.32 Å². The van der Waals surface area contributed by atoms with Crippen molar-refractivity contribution in [2.45, 2.75) is 19.1 Å². The number of nitrogens with zero attached hydrogens (tertiary/aromatic N) is 2. The molecule has 0 radical (unpaired) electrons. The van der Waals surface area contributed by atoms with Crippen molar-refractivity contribution in [2.24, 2.45) is 0 Å². The van der Waals surface area contributed by atoms with Crippen molar-refractivity contribution < 1.29 is 36.3 Å². The lowest BCUT2D eigenvalue weighted by Gasteiger charge is -2.28. The van der Waals surface area contributed by atoms with Gasteiger partial charge in [-0.2, -0.15) is 17.5 Å². The molecule has 2 heterocycles. The zero-order chi connectivity index (χ0) is 26.1. The van der Waals surface area contributed by atoms with Gasteiger partial charge in [-0.15, -0.1) is 11.3 Å². The first kappa shape index (κ1) is 29.0. The summed E-state index contributed by atoms with van der Waals surface area (Å²) < 4.78 is 58.6. The molecule has 1 amide bonds. The zero-order valence-electron chi connectivity index (χ0n) is 18.5. The Kier molecular flexibility index (Phi) is 11.0. The summed E-state index contributed by atoms with van der Waals surface area (Å²) in [6, 6.07) is 11.1. The van der Waals surface area contributed by atoms with Gasteiger partial charge in [-0.3, -0.25) is 4.79 Å². The first-order valence-electron chi connectivity index (χ1n) is 10.4. The number of carboxylic acids is 1. The summed E-state index contributed by atoms with van der Waals surface area (Å²) in [4.78, 5) is 24.3. The molecule has 1 aromatic heterocycles. The van der Waals surface area contributed by atoms with E-state index in [1.165, 1.54) is 15.6 Å². The summed E-state index contributed by atoms with van der Waals surface area (Å²) in [6.45, 7) is 2.67. The molecule has 1 aliphatic heterocycles. The molecule has 1 saturated heterocycles. The van der Waals surface area contributed by atoms with Gasteiger partial charge >= 0.3 is 12.1 Å². The first-order valence-corrected chi connectivity index (χ1v) is 13.3. The summed E-state index contributed by atoms with van der Waals surface area (Å²) in [5.41, 5.74) is 0.809. The number of thiophene rings is 1. The van der Waals surface area contributed by atoms with Crippen LogP contribution in [0.2, 0.25) is 5.02 Å². The monoisotopic (exact) mass is 555 g/mol. The van der Waals surface area contributed by atoms with E-state index >= 15 is 0 Å². The third kappa shape index (κ3) is 9.76. The standard InChI is InChI=1S/C19H24ClN3O3S2.C2HF3O2/c20-18-6-2-1-4-16(18)15-22(19(24)14-17-5-3-12-27-17)11-13-28(25,26)23-9-7-21-8-10-23;3-2(4,5)1(6)7/h1-6,12,21H,7-11,13-15H2;(H,6,7). The average molecular weight is 556 g/mol. The van der Waals surface area contributed by atoms with Crippen molar-refractivity contribution in [3.63, 3.8) is 0 Å². The Labute approximate surface area is 210 Å². The molecular formula is C21H25ClF3N3O5S2. The van der Waals surface area contributed by atoms with Crippen molar-refractivity contribution in [2.75, 3.05) is 38.5 Å². The predicted octanol–water partition coefficient (Wildman–Crippen LogP) is 2.84. The summed E-state index contributed by atoms with van der Waals surface area (Å²) in [5, 5.41) is 12.8. The summed E-state index contributed by atoms with van der Waals surface area (Å²) in [6.07, 6.45) is -4.82. The molecule has 35 heavy (non-hydrogen) atoms. The van der Waals surface area contributed by atoms with E-state index in [1.54, 1.807) is 11.0 Å². The highest BCUT2D eigenvalue weighted by atomic mass is 35.5. The third-order valence-electron chi connectivity index (χ3n) is 4.91. The van der Waals surface area contributed by atoms with Gasteiger partial charge in [-0.25, -0.2) is 13.2 Å². The molecule has 1 aliphatic rings. The number of rotatable bonds is 8. The molecule has 2 N–H and O–H groups in total. The Morgan fingerprint density at radius 1 is 1.14 bits per heavy atom. The van der Waals surface area contributed by atoms with Crippen LogP contribution in [0.15, 0.2) is 41.8 Å². The molecule has 8 nitrogen and oxygen atoms in total. The topological polar surface area (TPSA) is 107 Å². The number of hydrogen-bond donors (Lipinski definition) is 2. The van der Waals surface area contributed by atoms with Gasteiger partial charge in [0.25, 0.3) is 0 Å². The molecule has 0 atom stereocenters. The van der Waals surface area contributed by atoms with Crippen LogP contribution in [0.3, 0.4) is 0 Å². The minimum absolute atomic E-state index is 0.0896. The highest BCUT2D eigenvalue weighted by molar-refractivity contribution is 7.89. The van der Waals surface area contributed by atoms with Crippen LogP contribution in [0, 0.1) is 0 Å². The van der Waals surface area contributed by atoms with Crippen LogP contribution >= 0.6 is 22.9 Å². The Hall–Kier alpha value is -2.19. The molecule has 0 spiro atoms. The normalized spacial score (nSPS) is 14.6. The number of aliphatic carboxylic acids is 1. The summed E-state index contributed by atoms with van der Waals surface area (Å²) in [5.74, 6) is -2.95. The van der Waals surface area contributed by atoms with E-state index in [0.29, 0.717) is 37.7 Å². The number of halogens is 4. The fourth-order valence-electron chi connectivity index (χ4n) is 3.08. The third-order valence-corrected chi connectivity index (χ3v) is 8.00. The highest BCUT2D eigenvalue weighted by Crippen LogP contribution is 2.19. The fourth-order valence-corrected chi connectivity index (χ4v) is 5.41. The Morgan fingerprint density at radius 3 is 2.31 bits per heavy atom. The average Bonchev–Trinajstić information content (AvgIpc) is 3.31. The van der Waals surface area contributed by atoms with Gasteiger partial charge in [-0.05, 0) is 23.1 Å². The van der Waals surface area contributed by atoms with Gasteiger partial charge in [0, 0.05) is 49.2 Å². The number of sulfonamides is 1. The van der Waals surface area contributed by atoms with E-state index in [0.717, 1.165) is 10.4 Å². The van der Waals surface area contributed by atoms with Crippen LogP contribution in [0.1, 0.15) is 10.4 Å². The Bertz CT molecular complexity index is 1080. The lowest BCUT2D eigenvalue weighted by molar-refractivity contribution is -0.192. The molecule has 1 fully saturated rings. The van der Waals surface area contributed by atoms with E-state index in [1.807, 2.05) is 35.7 Å². The van der Waals surface area contributed by atoms with Crippen molar-refractivity contribution in [3.05, 3.63) is 57.2 Å². The molecule has 194 valence electrons. The minimum atomic E-state index is -5.08. The number of alkyl halides is 3. The number of nitrogens with one attached hydrogen (secondary N) is 1. The van der Waals surface area contributed by atoms with E-state index in [9.17, 15) is 26.4 Å². The smallest absolute Gasteiger partial charge is 0.475 e. The Morgan fingerprint density at radius 2 is 1.77 bits per heavy atom. The maximum Gasteiger partial charge on any atom is 0.490 e. The second-order valence-electron chi connectivity index (χ2n) is 7.43. The van der Waals surface area contributed by atoms with Gasteiger partial charge in [0.2, 0.25) is 15.9 Å². The van der Waals surface area contributed by atoms with E-state index in [2.05, 4.69) is 5.32 Å². The lowest BCUT2D eigenvalue weighted by atomic mass is 10.2. The van der Waals surface area contributed by atoms with E-state index in [-0.39, 0.29) is 24.6 Å². The summed E-state index contributed by atoms with van der Waals surface area (Å²) >= 11 is 7.78. The SMILES string of the molecule is O=C(Cc1cccs1)N(CCS(=O)(=O)N1CCNCC1)Cc1ccccc1Cl.O=C(O)C(F)(F)F. The second-order valence-corrected chi connectivity index (χ2v) is 11.0. The number of piperazine rings is 1. The number of hydrogen-bond acceptors (Lipinski definition) is 6. The van der Waals surface area contributed by atoms with Crippen molar-refractivity contribution in [1.82, 2.24) is 14.5 Å². The number of carboxylic acid groups (broad SMARTS) is 1. The van der Waals surface area contributed by atoms with Crippen LogP contribution in [0.4, 0.5) is 13.2 Å². The molecule has 0 bridgehead atoms. The van der Waals surface area contributed by atoms with Crippen molar-refractivity contribution >= 4 is 44.8 Å². The number of amides is 1. The maximum absolute atomic E-state index is 12.9. The molecule has 1 aromatic carbocycles. The molecular weight excluding hydrogens is 531 g/mol. The molecule has 14 heteroatoms. The van der Waals surface area contributed by atoms with Gasteiger partial charge < -0.3 is 15.3 Å². The number of carbonyl (C=O) groups excluding carboxylic acids is 1. The van der Waals surface area contributed by atoms with Crippen LogP contribution in [-0.4, -0.2) is 79.3 Å². The second kappa shape index (κ2) is 13.2. The molecule has 0 unspecified atom stereocenters. The van der Waals surface area contributed by atoms with Crippen LogP contribution in [0.25, 0.3) is 0 Å². The van der Waals surface area contributed by atoms with Gasteiger partial charge in [0.15, 0.2) is 0 Å². The maximum atomic E-state index is 12.9. The lowest BCUT2D eigenvalue weighted by Crippen LogP contribution is -2.48. The van der Waals surface area contributed by atoms with Crippen LogP contribution in [0.5, 0.6) is 0 Å². The zero-order valence-corrected chi connectivity index (χ0v) is 20.9. The molecule has 2 aromatic rings. The predicted molar refractivity (Wildman–Crippen MR) is 127 cm³/mol. The van der Waals surface area contributed by atoms with Crippen molar-refractivity contribution in [3.8, 4) is 0 Å². The molecule has 3 rings (SSSR count). The van der Waals surface area contributed by atoms with Gasteiger partial charge in [-0.1, -0.05) is 35.9 Å². The largest absolute Gasteiger partial charge is 0.490 e. The number of carbonyl (C=O) groups is 2. The molecule has 0 aliphatic carbocycles. The Balaban J connectivity index is 0.000000540. The first-order chi connectivity index (χ1) is 16.4. The number of benzene rings is 1. The molecule has 0 saturated carbocycles. The van der Waals surface area contributed by atoms with Crippen molar-refractivity contribution in [1.29, 1.82) is 0 Å². The van der Waals surface area contributed by atoms with E-state index in [4.69, 9.17) is 21.5 Å². The minimum Gasteiger partial charge on any atom is -0.475 e. The van der Waals surface area contributed by atoms with Crippen LogP contribution in [-0.2, 0) is 32.6 Å². The van der Waals surface area contributed by atoms with Gasteiger partial charge in [0.05, 0.1) is 12.2 Å². The quantitative estimate of drug-likeness (QED) is 0.519. The van der Waals surface area contributed by atoms with Gasteiger partial charge in [0.1, 0.15) is 0 Å². The fraction of sp³-hybridized carbons (Fsp3) is 0.429. The van der Waals surface area contributed by atoms with E-state index < -0.39 is 22.2 Å². The summed E-state index contributed by atoms with van der Waals surface area (Å²) in [7, 11) is -3.41. The highest BCUT2D eigenvalue weighted by Gasteiger charge is 2.38.